The van der Waals surface area contributed by atoms with Crippen LogP contribution in [0.4, 0.5) is 5.13 Å². The van der Waals surface area contributed by atoms with E-state index in [2.05, 4.69) is 17.2 Å². The van der Waals surface area contributed by atoms with E-state index in [0.717, 1.165) is 17.0 Å². The Balaban J connectivity index is 1.34. The van der Waals surface area contributed by atoms with E-state index in [0.29, 0.717) is 29.7 Å². The number of nitrogens with zero attached hydrogens (tertiary/aromatic N) is 2. The van der Waals surface area contributed by atoms with E-state index in [-0.39, 0.29) is 5.57 Å². The van der Waals surface area contributed by atoms with E-state index in [4.69, 9.17) is 9.47 Å². The van der Waals surface area contributed by atoms with Crippen LogP contribution in [0, 0.1) is 25.2 Å². The average molecular weight is 496 g/mol. The number of aromatic nitrogens is 1. The maximum Gasteiger partial charge on any atom is 0.268 e. The minimum Gasteiger partial charge on any atom is -0.490 e. The van der Waals surface area contributed by atoms with Crippen LogP contribution < -0.4 is 14.8 Å². The number of aryl methyl sites for hydroxylation is 2. The Hall–Kier alpha value is -4.41. The minimum absolute atomic E-state index is 0.0262. The van der Waals surface area contributed by atoms with E-state index in [9.17, 15) is 10.1 Å². The Morgan fingerprint density at radius 3 is 2.44 bits per heavy atom. The molecule has 36 heavy (non-hydrogen) atoms. The molecule has 0 bridgehead atoms. The summed E-state index contributed by atoms with van der Waals surface area (Å²) < 4.78 is 11.5. The van der Waals surface area contributed by atoms with Crippen molar-refractivity contribution in [3.8, 4) is 28.8 Å². The highest BCUT2D eigenvalue weighted by molar-refractivity contribution is 7.14. The van der Waals surface area contributed by atoms with Gasteiger partial charge in [0.25, 0.3) is 5.91 Å². The Labute approximate surface area is 214 Å². The maximum atomic E-state index is 12.7. The highest BCUT2D eigenvalue weighted by Crippen LogP contribution is 2.25. The summed E-state index contributed by atoms with van der Waals surface area (Å²) in [5.74, 6) is 0.913. The van der Waals surface area contributed by atoms with Gasteiger partial charge >= 0.3 is 0 Å². The SMILES string of the molecule is Cc1ccc(OCCOc2cccc(/C=C(/C#N)C(=O)Nc3nc(-c4ccccc4)cs3)c2)cc1C. The Morgan fingerprint density at radius 1 is 0.972 bits per heavy atom. The Morgan fingerprint density at radius 2 is 1.72 bits per heavy atom. The number of nitriles is 1. The molecule has 1 heterocycles. The van der Waals surface area contributed by atoms with Crippen molar-refractivity contribution in [3.63, 3.8) is 0 Å². The zero-order valence-electron chi connectivity index (χ0n) is 20.0. The number of anilines is 1. The molecule has 1 amide bonds. The van der Waals surface area contributed by atoms with Crippen molar-refractivity contribution in [2.24, 2.45) is 0 Å². The van der Waals surface area contributed by atoms with Crippen LogP contribution in [0.3, 0.4) is 0 Å². The monoisotopic (exact) mass is 495 g/mol. The first-order valence-corrected chi connectivity index (χ1v) is 12.3. The van der Waals surface area contributed by atoms with Crippen LogP contribution in [0.15, 0.2) is 83.7 Å². The van der Waals surface area contributed by atoms with Gasteiger partial charge in [0.05, 0.1) is 5.69 Å². The number of hydrogen-bond donors (Lipinski definition) is 1. The largest absolute Gasteiger partial charge is 0.490 e. The third-order valence-corrected chi connectivity index (χ3v) is 6.19. The van der Waals surface area contributed by atoms with Gasteiger partial charge in [0.1, 0.15) is 36.4 Å². The van der Waals surface area contributed by atoms with Crippen LogP contribution in [0.1, 0.15) is 16.7 Å². The third-order valence-electron chi connectivity index (χ3n) is 5.43. The molecule has 0 saturated heterocycles. The molecule has 0 aliphatic carbocycles. The zero-order valence-corrected chi connectivity index (χ0v) is 20.8. The lowest BCUT2D eigenvalue weighted by atomic mass is 10.1. The van der Waals surface area contributed by atoms with Gasteiger partial charge in [-0.25, -0.2) is 4.98 Å². The van der Waals surface area contributed by atoms with Gasteiger partial charge in [-0.15, -0.1) is 11.3 Å². The Kier molecular flexibility index (Phi) is 8.12. The molecule has 0 aliphatic heterocycles. The predicted molar refractivity (Wildman–Crippen MR) is 143 cm³/mol. The van der Waals surface area contributed by atoms with Gasteiger partial charge in [0.2, 0.25) is 0 Å². The third kappa shape index (κ3) is 6.59. The zero-order chi connectivity index (χ0) is 25.3. The van der Waals surface area contributed by atoms with Gasteiger partial charge < -0.3 is 9.47 Å². The highest BCUT2D eigenvalue weighted by Gasteiger charge is 2.13. The molecule has 0 saturated carbocycles. The summed E-state index contributed by atoms with van der Waals surface area (Å²) in [5, 5.41) is 14.6. The molecule has 6 nitrogen and oxygen atoms in total. The van der Waals surface area contributed by atoms with E-state index in [1.54, 1.807) is 12.1 Å². The van der Waals surface area contributed by atoms with E-state index >= 15 is 0 Å². The predicted octanol–water partition coefficient (Wildman–Crippen LogP) is 6.43. The van der Waals surface area contributed by atoms with Crippen LogP contribution in [0.2, 0.25) is 0 Å². The van der Waals surface area contributed by atoms with Crippen molar-refractivity contribution >= 4 is 28.5 Å². The molecular weight excluding hydrogens is 470 g/mol. The first-order chi connectivity index (χ1) is 17.5. The summed E-state index contributed by atoms with van der Waals surface area (Å²) in [6, 6.07) is 24.8. The second-order valence-electron chi connectivity index (χ2n) is 8.04. The summed E-state index contributed by atoms with van der Waals surface area (Å²) in [7, 11) is 0. The second kappa shape index (κ2) is 11.8. The summed E-state index contributed by atoms with van der Waals surface area (Å²) >= 11 is 1.31. The van der Waals surface area contributed by atoms with Crippen molar-refractivity contribution in [1.82, 2.24) is 4.98 Å². The average Bonchev–Trinajstić information content (AvgIpc) is 3.36. The van der Waals surface area contributed by atoms with Crippen molar-refractivity contribution in [1.29, 1.82) is 5.26 Å². The van der Waals surface area contributed by atoms with Gasteiger partial charge in [0, 0.05) is 10.9 Å². The van der Waals surface area contributed by atoms with E-state index in [1.165, 1.54) is 28.5 Å². The van der Waals surface area contributed by atoms with Crippen LogP contribution >= 0.6 is 11.3 Å². The Bertz CT molecular complexity index is 1420. The standard InChI is InChI=1S/C29H25N3O3S/c1-20-11-12-26(15-21(20)2)35-14-13-34-25-10-6-7-22(17-25)16-24(18-30)28(33)32-29-31-27(19-36-29)23-8-4-3-5-9-23/h3-12,15-17,19H,13-14H2,1-2H3,(H,31,32,33)/b24-16-. The number of carbonyl (C=O) groups excluding carboxylic acids is 1. The molecule has 1 N–H and O–H groups in total. The van der Waals surface area contributed by atoms with Gasteiger partial charge in [-0.1, -0.05) is 48.5 Å². The van der Waals surface area contributed by atoms with Crippen LogP contribution in [-0.2, 0) is 4.79 Å². The molecule has 0 spiro atoms. The number of benzene rings is 3. The molecule has 4 aromatic rings. The normalized spacial score (nSPS) is 11.0. The molecule has 1 aromatic heterocycles. The molecular formula is C29H25N3O3S. The molecule has 0 unspecified atom stereocenters. The number of hydrogen-bond acceptors (Lipinski definition) is 6. The van der Waals surface area contributed by atoms with Crippen molar-refractivity contribution in [2.75, 3.05) is 18.5 Å². The van der Waals surface area contributed by atoms with Crippen LogP contribution in [0.5, 0.6) is 11.5 Å². The van der Waals surface area contributed by atoms with Crippen LogP contribution in [-0.4, -0.2) is 24.1 Å². The lowest BCUT2D eigenvalue weighted by Gasteiger charge is -2.10. The fourth-order valence-corrected chi connectivity index (χ4v) is 4.08. The van der Waals surface area contributed by atoms with Gasteiger partial charge in [0.15, 0.2) is 5.13 Å². The maximum absolute atomic E-state index is 12.7. The number of rotatable bonds is 9. The summed E-state index contributed by atoms with van der Waals surface area (Å²) in [5.41, 5.74) is 4.78. The number of ether oxygens (including phenoxy) is 2. The van der Waals surface area contributed by atoms with Crippen molar-refractivity contribution in [2.45, 2.75) is 13.8 Å². The quantitative estimate of drug-likeness (QED) is 0.164. The summed E-state index contributed by atoms with van der Waals surface area (Å²) in [6.45, 7) is 4.87. The topological polar surface area (TPSA) is 84.2 Å². The fourth-order valence-electron chi connectivity index (χ4n) is 3.37. The van der Waals surface area contributed by atoms with E-state index < -0.39 is 5.91 Å². The minimum atomic E-state index is -0.514. The van der Waals surface area contributed by atoms with Gasteiger partial charge in [-0.2, -0.15) is 5.26 Å². The number of nitrogens with one attached hydrogen (secondary N) is 1. The van der Waals surface area contributed by atoms with Gasteiger partial charge in [-0.3, -0.25) is 10.1 Å². The lowest BCUT2D eigenvalue weighted by Crippen LogP contribution is -2.13. The number of amides is 1. The molecule has 7 heteroatoms. The van der Waals surface area contributed by atoms with Crippen molar-refractivity contribution in [3.05, 3.63) is 100 Å². The first kappa shape index (κ1) is 24.7. The van der Waals surface area contributed by atoms with Gasteiger partial charge in [-0.05, 0) is 60.9 Å². The fraction of sp³-hybridized carbons (Fsp3) is 0.138. The van der Waals surface area contributed by atoms with E-state index in [1.807, 2.05) is 79.0 Å². The molecule has 0 aliphatic rings. The summed E-state index contributed by atoms with van der Waals surface area (Å²) in [6.07, 6.45) is 1.53. The lowest BCUT2D eigenvalue weighted by molar-refractivity contribution is -0.112. The molecule has 180 valence electrons. The molecule has 0 atom stereocenters. The molecule has 0 radical (unpaired) electrons. The highest BCUT2D eigenvalue weighted by atomic mass is 32.1. The second-order valence-corrected chi connectivity index (χ2v) is 8.90. The number of carbonyl (C=O) groups is 1. The molecule has 4 rings (SSSR count). The van der Waals surface area contributed by atoms with Crippen LogP contribution in [0.25, 0.3) is 17.3 Å². The first-order valence-electron chi connectivity index (χ1n) is 11.4. The van der Waals surface area contributed by atoms with Crippen molar-refractivity contribution < 1.29 is 14.3 Å². The smallest absolute Gasteiger partial charge is 0.268 e. The molecule has 3 aromatic carbocycles. The molecule has 0 fully saturated rings. The number of thiazole rings is 1. The summed E-state index contributed by atoms with van der Waals surface area (Å²) in [4.78, 5) is 17.1.